The molecule has 1 aliphatic rings. The summed E-state index contributed by atoms with van der Waals surface area (Å²) in [5.74, 6) is 0.201. The third-order valence-corrected chi connectivity index (χ3v) is 5.88. The molecule has 0 heterocycles. The van der Waals surface area contributed by atoms with Gasteiger partial charge in [-0.2, -0.15) is 0 Å². The van der Waals surface area contributed by atoms with E-state index in [1.165, 1.54) is 0 Å². The van der Waals surface area contributed by atoms with Crippen LogP contribution in [-0.2, 0) is 14.0 Å². The van der Waals surface area contributed by atoms with E-state index in [1.807, 2.05) is 31.8 Å². The molecule has 0 N–H and O–H groups in total. The van der Waals surface area contributed by atoms with Gasteiger partial charge in [-0.15, -0.1) is 0 Å². The molecule has 1 rings (SSSR count). The van der Waals surface area contributed by atoms with E-state index in [1.54, 1.807) is 0 Å². The Morgan fingerprint density at radius 1 is 1.21 bits per heavy atom. The molecule has 0 aromatic rings. The van der Waals surface area contributed by atoms with Gasteiger partial charge < -0.3 is 9.16 Å². The smallest absolute Gasteiger partial charge is 0.271 e. The Bertz CT molecular complexity index is 510. The van der Waals surface area contributed by atoms with Crippen molar-refractivity contribution in [2.45, 2.75) is 71.1 Å². The van der Waals surface area contributed by atoms with Crippen LogP contribution in [0.25, 0.3) is 0 Å². The van der Waals surface area contributed by atoms with Gasteiger partial charge in [0.2, 0.25) is 0 Å². The van der Waals surface area contributed by atoms with Crippen molar-refractivity contribution in [3.05, 3.63) is 23.8 Å². The van der Waals surface area contributed by atoms with Crippen molar-refractivity contribution in [1.82, 2.24) is 0 Å². The monoisotopic (exact) mass is 368 g/mol. The maximum absolute atomic E-state index is 12.0. The second kappa shape index (κ2) is 8.92. The zero-order chi connectivity index (χ0) is 18.4. The SMILES string of the molecule is C[Si](C)(C)OC1C=C(C/C=C\CCCOC(=O)[Si](C)(C)C)C(=O)C1. The van der Waals surface area contributed by atoms with Gasteiger partial charge in [0.25, 0.3) is 5.59 Å². The van der Waals surface area contributed by atoms with Gasteiger partial charge >= 0.3 is 0 Å². The van der Waals surface area contributed by atoms with E-state index in [-0.39, 0.29) is 17.5 Å². The van der Waals surface area contributed by atoms with Crippen LogP contribution in [-0.4, -0.2) is 40.5 Å². The molecule has 4 nitrogen and oxygen atoms in total. The number of rotatable bonds is 9. The fourth-order valence-corrected chi connectivity index (χ4v) is 3.91. The van der Waals surface area contributed by atoms with Crippen LogP contribution in [0, 0.1) is 0 Å². The standard InChI is InChI=1S/C18H32O4Si2/c1-23(2,3)18(20)21-12-10-8-7-9-11-15-13-16(14-17(15)19)22-24(4,5)6/h7,9,13,16H,8,10-12,14H2,1-6H3/b9-7-. The molecule has 0 fully saturated rings. The van der Waals surface area contributed by atoms with E-state index in [2.05, 4.69) is 25.7 Å². The number of ether oxygens (including phenoxy) is 1. The van der Waals surface area contributed by atoms with E-state index < -0.39 is 16.4 Å². The van der Waals surface area contributed by atoms with E-state index in [9.17, 15) is 9.59 Å². The number of ketones is 1. The minimum Gasteiger partial charge on any atom is -0.470 e. The maximum Gasteiger partial charge on any atom is 0.271 e. The average molecular weight is 369 g/mol. The highest BCUT2D eigenvalue weighted by Gasteiger charge is 2.28. The molecule has 0 amide bonds. The molecule has 0 saturated carbocycles. The second-order valence-corrected chi connectivity index (χ2v) is 17.7. The Labute approximate surface area is 148 Å². The maximum atomic E-state index is 12.0. The molecular formula is C18H32O4Si2. The predicted octanol–water partition coefficient (Wildman–Crippen LogP) is 4.89. The normalized spacial score (nSPS) is 19.0. The van der Waals surface area contributed by atoms with Crippen molar-refractivity contribution in [3.8, 4) is 0 Å². The van der Waals surface area contributed by atoms with Crippen molar-refractivity contribution >= 4 is 27.8 Å². The number of carbonyl (C=O) groups excluding carboxylic acids is 2. The molecule has 0 bridgehead atoms. The molecule has 1 atom stereocenters. The van der Waals surface area contributed by atoms with Crippen LogP contribution in [0.15, 0.2) is 23.8 Å². The summed E-state index contributed by atoms with van der Waals surface area (Å²) in [6.07, 6.45) is 8.87. The average Bonchev–Trinajstić information content (AvgIpc) is 2.74. The van der Waals surface area contributed by atoms with Crippen LogP contribution in [0.1, 0.15) is 25.7 Å². The lowest BCUT2D eigenvalue weighted by Gasteiger charge is -2.21. The Balaban J connectivity index is 2.26. The minimum atomic E-state index is -1.82. The van der Waals surface area contributed by atoms with Crippen molar-refractivity contribution in [2.75, 3.05) is 6.61 Å². The predicted molar refractivity (Wildman–Crippen MR) is 104 cm³/mol. The molecule has 24 heavy (non-hydrogen) atoms. The summed E-state index contributed by atoms with van der Waals surface area (Å²) in [6.45, 7) is 12.8. The van der Waals surface area contributed by atoms with Crippen LogP contribution in [0.3, 0.4) is 0 Å². The largest absolute Gasteiger partial charge is 0.470 e. The molecule has 0 radical (unpaired) electrons. The quantitative estimate of drug-likeness (QED) is 0.330. The molecule has 0 aliphatic heterocycles. The molecule has 6 heteroatoms. The van der Waals surface area contributed by atoms with Crippen LogP contribution in [0.5, 0.6) is 0 Å². The molecule has 0 aromatic carbocycles. The van der Waals surface area contributed by atoms with E-state index in [0.717, 1.165) is 18.4 Å². The lowest BCUT2D eigenvalue weighted by atomic mass is 10.1. The number of Topliss-reactive ketones (excluding diaryl/α,β-unsaturated/α-hetero) is 1. The van der Waals surface area contributed by atoms with E-state index >= 15 is 0 Å². The first-order valence-electron chi connectivity index (χ1n) is 8.73. The second-order valence-electron chi connectivity index (χ2n) is 8.29. The van der Waals surface area contributed by atoms with Crippen molar-refractivity contribution in [2.24, 2.45) is 0 Å². The molecule has 136 valence electrons. The van der Waals surface area contributed by atoms with Crippen LogP contribution >= 0.6 is 0 Å². The van der Waals surface area contributed by atoms with Gasteiger partial charge in [0, 0.05) is 6.42 Å². The molecule has 1 unspecified atom stereocenters. The molecular weight excluding hydrogens is 336 g/mol. The summed E-state index contributed by atoms with van der Waals surface area (Å²) in [5.41, 5.74) is 0.835. The topological polar surface area (TPSA) is 52.6 Å². The Morgan fingerprint density at radius 3 is 2.46 bits per heavy atom. The fourth-order valence-electron chi connectivity index (χ4n) is 2.31. The summed E-state index contributed by atoms with van der Waals surface area (Å²) >= 11 is 0. The zero-order valence-electron chi connectivity index (χ0n) is 16.0. The first-order chi connectivity index (χ1) is 11.0. The first-order valence-corrected chi connectivity index (χ1v) is 15.6. The zero-order valence-corrected chi connectivity index (χ0v) is 18.0. The third kappa shape index (κ3) is 8.21. The summed E-state index contributed by atoms with van der Waals surface area (Å²) in [7, 11) is -3.43. The van der Waals surface area contributed by atoms with Crippen LogP contribution < -0.4 is 0 Å². The Hall–Kier alpha value is -0.986. The third-order valence-electron chi connectivity index (χ3n) is 3.50. The highest BCUT2D eigenvalue weighted by molar-refractivity contribution is 7.02. The summed E-state index contributed by atoms with van der Waals surface area (Å²) < 4.78 is 11.3. The van der Waals surface area contributed by atoms with E-state index in [4.69, 9.17) is 9.16 Å². The molecule has 0 saturated heterocycles. The summed E-state index contributed by atoms with van der Waals surface area (Å²) in [4.78, 5) is 23.6. The minimum absolute atomic E-state index is 0.0263. The van der Waals surface area contributed by atoms with Crippen LogP contribution in [0.2, 0.25) is 39.3 Å². The van der Waals surface area contributed by atoms with Gasteiger partial charge in [-0.25, -0.2) is 0 Å². The van der Waals surface area contributed by atoms with Gasteiger partial charge in [0.05, 0.1) is 12.7 Å². The van der Waals surface area contributed by atoms with Gasteiger partial charge in [-0.05, 0) is 50.6 Å². The summed E-state index contributed by atoms with van der Waals surface area (Å²) in [6, 6.07) is 0. The van der Waals surface area contributed by atoms with Crippen molar-refractivity contribution < 1.29 is 18.8 Å². The van der Waals surface area contributed by atoms with Crippen molar-refractivity contribution in [3.63, 3.8) is 0 Å². The molecule has 0 aromatic heterocycles. The number of hydrogen-bond acceptors (Lipinski definition) is 4. The highest BCUT2D eigenvalue weighted by atomic mass is 28.4. The van der Waals surface area contributed by atoms with E-state index in [0.29, 0.717) is 19.4 Å². The number of carbonyl (C=O) groups is 2. The number of unbranched alkanes of at least 4 members (excludes halogenated alkanes) is 1. The number of allylic oxidation sites excluding steroid dienone is 3. The highest BCUT2D eigenvalue weighted by Crippen LogP contribution is 2.23. The van der Waals surface area contributed by atoms with Gasteiger partial charge in [-0.3, -0.25) is 9.59 Å². The van der Waals surface area contributed by atoms with Gasteiger partial charge in [-0.1, -0.05) is 31.8 Å². The lowest BCUT2D eigenvalue weighted by Crippen LogP contribution is -2.34. The van der Waals surface area contributed by atoms with Crippen molar-refractivity contribution in [1.29, 1.82) is 0 Å². The first kappa shape index (κ1) is 21.1. The van der Waals surface area contributed by atoms with Crippen LogP contribution in [0.4, 0.5) is 4.79 Å². The fraction of sp³-hybridized carbons (Fsp3) is 0.667. The molecule has 1 aliphatic carbocycles. The van der Waals surface area contributed by atoms with Gasteiger partial charge in [0.15, 0.2) is 22.2 Å². The lowest BCUT2D eigenvalue weighted by molar-refractivity contribution is -0.115. The Kier molecular flexibility index (Phi) is 7.83. The van der Waals surface area contributed by atoms with Gasteiger partial charge in [0.1, 0.15) is 0 Å². The number of hydrogen-bond donors (Lipinski definition) is 0. The summed E-state index contributed by atoms with van der Waals surface area (Å²) in [5, 5.41) is 0. The molecule has 0 spiro atoms. The Morgan fingerprint density at radius 2 is 1.88 bits per heavy atom.